The van der Waals surface area contributed by atoms with Gasteiger partial charge in [0.1, 0.15) is 11.8 Å². The van der Waals surface area contributed by atoms with Crippen LogP contribution in [-0.4, -0.2) is 11.7 Å². The SMILES string of the molecule is CCCC(N)c1ccn(Cc2ccc(OC)c(C#N)c2)c1. The number of rotatable bonds is 6. The smallest absolute Gasteiger partial charge is 0.136 e. The lowest BCUT2D eigenvalue weighted by molar-refractivity contribution is 0.413. The number of benzene rings is 1. The molecule has 0 spiro atoms. The second-order valence-corrected chi connectivity index (χ2v) is 5.16. The van der Waals surface area contributed by atoms with Crippen molar-refractivity contribution < 1.29 is 4.74 Å². The molecule has 2 rings (SSSR count). The van der Waals surface area contributed by atoms with Crippen LogP contribution in [0.5, 0.6) is 5.75 Å². The number of nitrogens with zero attached hydrogens (tertiary/aromatic N) is 2. The van der Waals surface area contributed by atoms with Crippen LogP contribution in [-0.2, 0) is 6.54 Å². The highest BCUT2D eigenvalue weighted by Gasteiger charge is 2.08. The van der Waals surface area contributed by atoms with Gasteiger partial charge >= 0.3 is 0 Å². The Balaban J connectivity index is 2.14. The molecule has 1 atom stereocenters. The molecule has 0 radical (unpaired) electrons. The van der Waals surface area contributed by atoms with Crippen LogP contribution in [0.1, 0.15) is 42.5 Å². The van der Waals surface area contributed by atoms with Gasteiger partial charge in [0.25, 0.3) is 0 Å². The summed E-state index contributed by atoms with van der Waals surface area (Å²) in [7, 11) is 1.57. The first-order valence-corrected chi connectivity index (χ1v) is 7.16. The quantitative estimate of drug-likeness (QED) is 0.885. The fourth-order valence-electron chi connectivity index (χ4n) is 2.41. The van der Waals surface area contributed by atoms with Crippen molar-refractivity contribution in [1.29, 1.82) is 5.26 Å². The van der Waals surface area contributed by atoms with Crippen molar-refractivity contribution in [3.8, 4) is 11.8 Å². The molecule has 1 heterocycles. The minimum Gasteiger partial charge on any atom is -0.495 e. The van der Waals surface area contributed by atoms with Crippen molar-refractivity contribution in [3.05, 3.63) is 53.3 Å². The first-order valence-electron chi connectivity index (χ1n) is 7.16. The van der Waals surface area contributed by atoms with Crippen molar-refractivity contribution in [3.63, 3.8) is 0 Å². The van der Waals surface area contributed by atoms with Gasteiger partial charge in [-0.3, -0.25) is 0 Å². The van der Waals surface area contributed by atoms with Crippen LogP contribution in [0, 0.1) is 11.3 Å². The zero-order valence-corrected chi connectivity index (χ0v) is 12.5. The van der Waals surface area contributed by atoms with E-state index in [1.165, 1.54) is 0 Å². The van der Waals surface area contributed by atoms with Gasteiger partial charge in [-0.25, -0.2) is 0 Å². The minimum absolute atomic E-state index is 0.0989. The molecule has 2 N–H and O–H groups in total. The molecule has 0 bridgehead atoms. The highest BCUT2D eigenvalue weighted by Crippen LogP contribution is 2.20. The molecule has 110 valence electrons. The van der Waals surface area contributed by atoms with Crippen molar-refractivity contribution in [2.75, 3.05) is 7.11 Å². The van der Waals surface area contributed by atoms with Crippen molar-refractivity contribution in [2.45, 2.75) is 32.4 Å². The minimum atomic E-state index is 0.0989. The average molecular weight is 283 g/mol. The highest BCUT2D eigenvalue weighted by molar-refractivity contribution is 5.45. The fraction of sp³-hybridized carbons (Fsp3) is 0.353. The Morgan fingerprint density at radius 1 is 1.38 bits per heavy atom. The molecule has 0 aliphatic carbocycles. The van der Waals surface area contributed by atoms with E-state index in [1.54, 1.807) is 7.11 Å². The molecule has 1 unspecified atom stereocenters. The van der Waals surface area contributed by atoms with Gasteiger partial charge in [0.2, 0.25) is 0 Å². The zero-order valence-electron chi connectivity index (χ0n) is 12.5. The number of hydrogen-bond acceptors (Lipinski definition) is 3. The lowest BCUT2D eigenvalue weighted by atomic mass is 10.1. The molecule has 4 nitrogen and oxygen atoms in total. The zero-order chi connectivity index (χ0) is 15.2. The van der Waals surface area contributed by atoms with Gasteiger partial charge in [-0.15, -0.1) is 0 Å². The predicted molar refractivity (Wildman–Crippen MR) is 83.1 cm³/mol. The third kappa shape index (κ3) is 3.65. The third-order valence-corrected chi connectivity index (χ3v) is 3.55. The maximum atomic E-state index is 9.12. The number of nitrogens with two attached hydrogens (primary N) is 1. The third-order valence-electron chi connectivity index (χ3n) is 3.55. The van der Waals surface area contributed by atoms with Crippen LogP contribution in [0.15, 0.2) is 36.7 Å². The van der Waals surface area contributed by atoms with E-state index in [4.69, 9.17) is 15.7 Å². The van der Waals surface area contributed by atoms with E-state index in [9.17, 15) is 0 Å². The van der Waals surface area contributed by atoms with Crippen molar-refractivity contribution in [2.24, 2.45) is 5.73 Å². The van der Waals surface area contributed by atoms with Crippen LogP contribution in [0.4, 0.5) is 0 Å². The maximum Gasteiger partial charge on any atom is 0.136 e. The van der Waals surface area contributed by atoms with E-state index in [0.717, 1.165) is 30.5 Å². The summed E-state index contributed by atoms with van der Waals surface area (Å²) in [5.41, 5.74) is 8.91. The summed E-state index contributed by atoms with van der Waals surface area (Å²) in [6.07, 6.45) is 6.18. The van der Waals surface area contributed by atoms with Crippen LogP contribution < -0.4 is 10.5 Å². The Morgan fingerprint density at radius 3 is 2.86 bits per heavy atom. The van der Waals surface area contributed by atoms with Gasteiger partial charge in [0, 0.05) is 25.0 Å². The number of aromatic nitrogens is 1. The molecule has 1 aromatic heterocycles. The summed E-state index contributed by atoms with van der Waals surface area (Å²) in [6.45, 7) is 2.86. The van der Waals surface area contributed by atoms with Crippen LogP contribution >= 0.6 is 0 Å². The molecular weight excluding hydrogens is 262 g/mol. The normalized spacial score (nSPS) is 11.9. The molecule has 21 heavy (non-hydrogen) atoms. The molecule has 0 saturated carbocycles. The maximum absolute atomic E-state index is 9.12. The fourth-order valence-corrected chi connectivity index (χ4v) is 2.41. The molecule has 0 aliphatic rings. The van der Waals surface area contributed by atoms with Gasteiger partial charge in [-0.1, -0.05) is 19.4 Å². The molecule has 1 aromatic carbocycles. The lowest BCUT2D eigenvalue weighted by Gasteiger charge is -2.09. The van der Waals surface area contributed by atoms with Crippen molar-refractivity contribution in [1.82, 2.24) is 4.57 Å². The summed E-state index contributed by atoms with van der Waals surface area (Å²) in [5.74, 6) is 0.611. The Bertz CT molecular complexity index is 640. The number of hydrogen-bond donors (Lipinski definition) is 1. The van der Waals surface area contributed by atoms with Crippen molar-refractivity contribution >= 4 is 0 Å². The van der Waals surface area contributed by atoms with E-state index in [1.807, 2.05) is 24.4 Å². The van der Waals surface area contributed by atoms with Gasteiger partial charge in [-0.2, -0.15) is 5.26 Å². The molecule has 2 aromatic rings. The summed E-state index contributed by atoms with van der Waals surface area (Å²) >= 11 is 0. The van der Waals surface area contributed by atoms with E-state index in [2.05, 4.69) is 29.8 Å². The Kier molecular flexibility index (Phi) is 5.02. The summed E-state index contributed by atoms with van der Waals surface area (Å²) in [6, 6.07) is 10.00. The van der Waals surface area contributed by atoms with Gasteiger partial charge in [-0.05, 0) is 35.7 Å². The number of ether oxygens (including phenoxy) is 1. The summed E-state index contributed by atoms with van der Waals surface area (Å²) in [5, 5.41) is 9.12. The molecule has 4 heteroatoms. The topological polar surface area (TPSA) is 64.0 Å². The van der Waals surface area contributed by atoms with Gasteiger partial charge in [0.05, 0.1) is 12.7 Å². The van der Waals surface area contributed by atoms with Crippen LogP contribution in [0.2, 0.25) is 0 Å². The predicted octanol–water partition coefficient (Wildman–Crippen LogP) is 3.22. The molecule has 0 aliphatic heterocycles. The first kappa shape index (κ1) is 15.1. The molecule has 0 fully saturated rings. The first-order chi connectivity index (χ1) is 10.2. The second-order valence-electron chi connectivity index (χ2n) is 5.16. The van der Waals surface area contributed by atoms with E-state index in [-0.39, 0.29) is 6.04 Å². The summed E-state index contributed by atoms with van der Waals surface area (Å²) in [4.78, 5) is 0. The van der Waals surface area contributed by atoms with Crippen LogP contribution in [0.3, 0.4) is 0 Å². The molecular formula is C17H21N3O. The van der Waals surface area contributed by atoms with Crippen LogP contribution in [0.25, 0.3) is 0 Å². The molecule has 0 amide bonds. The number of nitriles is 1. The standard InChI is InChI=1S/C17H21N3O/c1-3-4-16(19)14-7-8-20(12-14)11-13-5-6-17(21-2)15(9-13)10-18/h5-9,12,16H,3-4,11,19H2,1-2H3. The second kappa shape index (κ2) is 6.96. The Morgan fingerprint density at radius 2 is 2.19 bits per heavy atom. The highest BCUT2D eigenvalue weighted by atomic mass is 16.5. The largest absolute Gasteiger partial charge is 0.495 e. The number of methoxy groups -OCH3 is 1. The molecule has 0 saturated heterocycles. The van der Waals surface area contributed by atoms with Gasteiger partial charge < -0.3 is 15.0 Å². The van der Waals surface area contributed by atoms with Gasteiger partial charge in [0.15, 0.2) is 0 Å². The lowest BCUT2D eigenvalue weighted by Crippen LogP contribution is -2.08. The summed E-state index contributed by atoms with van der Waals surface area (Å²) < 4.78 is 7.25. The monoisotopic (exact) mass is 283 g/mol. The average Bonchev–Trinajstić information content (AvgIpc) is 2.96. The Labute approximate surface area is 125 Å². The van der Waals surface area contributed by atoms with E-state index < -0.39 is 0 Å². The Hall–Kier alpha value is -2.25. The van der Waals surface area contributed by atoms with E-state index >= 15 is 0 Å². The van der Waals surface area contributed by atoms with E-state index in [0.29, 0.717) is 11.3 Å².